The molecule has 0 unspecified atom stereocenters. The minimum Gasteiger partial charge on any atom is -0.342 e. The summed E-state index contributed by atoms with van der Waals surface area (Å²) in [5.74, 6) is 1.43. The number of aryl methyl sites for hydroxylation is 1. The van der Waals surface area contributed by atoms with Crippen molar-refractivity contribution in [3.63, 3.8) is 0 Å². The Kier molecular flexibility index (Phi) is 6.53. The molecule has 32 heavy (non-hydrogen) atoms. The van der Waals surface area contributed by atoms with Crippen molar-refractivity contribution in [2.75, 3.05) is 18.0 Å². The van der Waals surface area contributed by atoms with Crippen LogP contribution in [-0.2, 0) is 22.6 Å². The first-order valence-electron chi connectivity index (χ1n) is 11.5. The van der Waals surface area contributed by atoms with Gasteiger partial charge < -0.3 is 4.90 Å². The van der Waals surface area contributed by atoms with Gasteiger partial charge in [0.25, 0.3) is 0 Å². The quantitative estimate of drug-likeness (QED) is 0.703. The molecule has 0 N–H and O–H groups in total. The molecule has 1 aromatic heterocycles. The van der Waals surface area contributed by atoms with Gasteiger partial charge in [-0.1, -0.05) is 32.0 Å². The van der Waals surface area contributed by atoms with Crippen LogP contribution in [0, 0.1) is 18.7 Å². The number of halogens is 1. The Hall–Kier alpha value is -2.83. The number of hydrogen-bond donors (Lipinski definition) is 0. The Morgan fingerprint density at radius 1 is 1.22 bits per heavy atom. The maximum atomic E-state index is 14.3. The maximum Gasteiger partial charge on any atom is 0.228 e. The van der Waals surface area contributed by atoms with Gasteiger partial charge in [0.1, 0.15) is 17.5 Å². The molecule has 2 aliphatic heterocycles. The summed E-state index contributed by atoms with van der Waals surface area (Å²) >= 11 is 0. The molecule has 1 fully saturated rings. The maximum absolute atomic E-state index is 14.3. The van der Waals surface area contributed by atoms with Gasteiger partial charge in [-0.3, -0.25) is 14.5 Å². The first kappa shape index (κ1) is 22.4. The Labute approximate surface area is 188 Å². The van der Waals surface area contributed by atoms with Crippen LogP contribution in [0.15, 0.2) is 24.3 Å². The van der Waals surface area contributed by atoms with E-state index in [1.54, 1.807) is 23.1 Å². The molecule has 1 saturated heterocycles. The van der Waals surface area contributed by atoms with Gasteiger partial charge in [0, 0.05) is 48.7 Å². The number of rotatable bonds is 5. The van der Waals surface area contributed by atoms with E-state index in [1.807, 2.05) is 11.8 Å². The molecule has 1 aromatic carbocycles. The zero-order valence-corrected chi connectivity index (χ0v) is 19.1. The van der Waals surface area contributed by atoms with Gasteiger partial charge in [-0.25, -0.2) is 14.4 Å². The molecule has 1 atom stereocenters. The Balaban J connectivity index is 1.63. The van der Waals surface area contributed by atoms with Crippen LogP contribution in [0.5, 0.6) is 0 Å². The highest BCUT2D eigenvalue weighted by molar-refractivity contribution is 5.95. The number of benzene rings is 1. The van der Waals surface area contributed by atoms with Crippen molar-refractivity contribution in [3.8, 4) is 0 Å². The summed E-state index contributed by atoms with van der Waals surface area (Å²) in [6.45, 7) is 7.57. The first-order valence-corrected chi connectivity index (χ1v) is 11.5. The molecule has 2 aromatic rings. The largest absolute Gasteiger partial charge is 0.342 e. The van der Waals surface area contributed by atoms with E-state index >= 15 is 0 Å². The van der Waals surface area contributed by atoms with Crippen molar-refractivity contribution in [1.29, 1.82) is 0 Å². The lowest BCUT2D eigenvalue weighted by molar-refractivity contribution is -0.133. The SMILES string of the molecule is Cc1nc([C@@H]2CCCN(C(=O)CC(C)C)C2)nc2c1CCC(=O)N2Cc1ccccc1F. The van der Waals surface area contributed by atoms with Crippen molar-refractivity contribution in [2.45, 2.75) is 65.3 Å². The number of fused-ring (bicyclic) bond motifs is 1. The van der Waals surface area contributed by atoms with Gasteiger partial charge in [0.15, 0.2) is 0 Å². The second-order valence-electron chi connectivity index (χ2n) is 9.32. The molecule has 7 heteroatoms. The number of likely N-dealkylation sites (tertiary alicyclic amines) is 1. The third-order valence-corrected chi connectivity index (χ3v) is 6.36. The van der Waals surface area contributed by atoms with Crippen molar-refractivity contribution >= 4 is 17.6 Å². The third kappa shape index (κ3) is 4.66. The van der Waals surface area contributed by atoms with Crippen molar-refractivity contribution in [2.24, 2.45) is 5.92 Å². The van der Waals surface area contributed by atoms with Crippen LogP contribution in [0.4, 0.5) is 10.2 Å². The minimum absolute atomic E-state index is 0.0382. The van der Waals surface area contributed by atoms with E-state index in [4.69, 9.17) is 9.97 Å². The number of hydrogen-bond acceptors (Lipinski definition) is 4. The summed E-state index contributed by atoms with van der Waals surface area (Å²) in [7, 11) is 0. The summed E-state index contributed by atoms with van der Waals surface area (Å²) in [5.41, 5.74) is 2.28. The van der Waals surface area contributed by atoms with Crippen LogP contribution < -0.4 is 4.90 Å². The van der Waals surface area contributed by atoms with Crippen molar-refractivity contribution in [1.82, 2.24) is 14.9 Å². The lowest BCUT2D eigenvalue weighted by Gasteiger charge is -2.34. The molecule has 3 heterocycles. The van der Waals surface area contributed by atoms with Gasteiger partial charge in [-0.15, -0.1) is 0 Å². The highest BCUT2D eigenvalue weighted by Gasteiger charge is 2.32. The predicted octanol–water partition coefficient (Wildman–Crippen LogP) is 4.16. The Bertz CT molecular complexity index is 1020. The van der Waals surface area contributed by atoms with E-state index < -0.39 is 0 Å². The second-order valence-corrected chi connectivity index (χ2v) is 9.32. The molecule has 6 nitrogen and oxygen atoms in total. The van der Waals surface area contributed by atoms with E-state index in [-0.39, 0.29) is 30.1 Å². The van der Waals surface area contributed by atoms with Crippen LogP contribution in [0.3, 0.4) is 0 Å². The van der Waals surface area contributed by atoms with Crippen LogP contribution in [0.25, 0.3) is 0 Å². The van der Waals surface area contributed by atoms with E-state index in [2.05, 4.69) is 13.8 Å². The molecule has 0 aliphatic carbocycles. The van der Waals surface area contributed by atoms with Gasteiger partial charge in [0.05, 0.1) is 6.54 Å². The molecule has 0 spiro atoms. The number of nitrogens with zero attached hydrogens (tertiary/aromatic N) is 4. The smallest absolute Gasteiger partial charge is 0.228 e. The molecule has 2 amide bonds. The number of carbonyl (C=O) groups excluding carboxylic acids is 2. The molecule has 0 radical (unpaired) electrons. The second kappa shape index (κ2) is 9.35. The zero-order valence-electron chi connectivity index (χ0n) is 19.1. The number of amides is 2. The Morgan fingerprint density at radius 2 is 2.00 bits per heavy atom. The van der Waals surface area contributed by atoms with Crippen molar-refractivity contribution in [3.05, 3.63) is 52.7 Å². The van der Waals surface area contributed by atoms with Gasteiger partial charge in [-0.2, -0.15) is 0 Å². The number of anilines is 1. The highest BCUT2D eigenvalue weighted by atomic mass is 19.1. The van der Waals surface area contributed by atoms with Crippen LogP contribution >= 0.6 is 0 Å². The molecular weight excluding hydrogens is 407 g/mol. The summed E-state index contributed by atoms with van der Waals surface area (Å²) < 4.78 is 14.3. The van der Waals surface area contributed by atoms with Crippen LogP contribution in [-0.4, -0.2) is 39.8 Å². The van der Waals surface area contributed by atoms with E-state index in [0.29, 0.717) is 48.9 Å². The summed E-state index contributed by atoms with van der Waals surface area (Å²) in [6, 6.07) is 6.52. The minimum atomic E-state index is -0.329. The average molecular weight is 439 g/mol. The molecule has 2 aliphatic rings. The van der Waals surface area contributed by atoms with Gasteiger partial charge in [0.2, 0.25) is 11.8 Å². The summed E-state index contributed by atoms with van der Waals surface area (Å²) in [4.78, 5) is 38.6. The molecule has 0 saturated carbocycles. The summed E-state index contributed by atoms with van der Waals surface area (Å²) in [5, 5.41) is 0. The molecule has 4 rings (SSSR count). The standard InChI is InChI=1S/C25H31FN4O2/c1-16(2)13-23(32)29-12-6-8-19(14-29)24-27-17(3)20-10-11-22(31)30(25(20)28-24)15-18-7-4-5-9-21(18)26/h4-5,7,9,16,19H,6,8,10-15H2,1-3H3/t19-/m1/s1. The van der Waals surface area contributed by atoms with Crippen LogP contribution in [0.2, 0.25) is 0 Å². The molecular formula is C25H31FN4O2. The van der Waals surface area contributed by atoms with E-state index in [0.717, 1.165) is 30.6 Å². The normalized spacial score (nSPS) is 18.8. The highest BCUT2D eigenvalue weighted by Crippen LogP contribution is 2.33. The van der Waals surface area contributed by atoms with Gasteiger partial charge >= 0.3 is 0 Å². The lowest BCUT2D eigenvalue weighted by atomic mass is 9.95. The third-order valence-electron chi connectivity index (χ3n) is 6.36. The van der Waals surface area contributed by atoms with E-state index in [9.17, 15) is 14.0 Å². The predicted molar refractivity (Wildman–Crippen MR) is 121 cm³/mol. The fraction of sp³-hybridized carbons (Fsp3) is 0.520. The molecule has 170 valence electrons. The lowest BCUT2D eigenvalue weighted by Crippen LogP contribution is -2.40. The van der Waals surface area contributed by atoms with Crippen molar-refractivity contribution < 1.29 is 14.0 Å². The van der Waals surface area contributed by atoms with E-state index in [1.165, 1.54) is 6.07 Å². The topological polar surface area (TPSA) is 66.4 Å². The average Bonchev–Trinajstić information content (AvgIpc) is 2.76. The zero-order chi connectivity index (χ0) is 22.8. The molecule has 0 bridgehead atoms. The fourth-order valence-corrected chi connectivity index (χ4v) is 4.64. The monoisotopic (exact) mass is 438 g/mol. The first-order chi connectivity index (χ1) is 15.3. The van der Waals surface area contributed by atoms with Crippen LogP contribution in [0.1, 0.15) is 68.1 Å². The number of carbonyl (C=O) groups is 2. The summed E-state index contributed by atoms with van der Waals surface area (Å²) in [6.07, 6.45) is 3.32. The number of piperidine rings is 1. The fourth-order valence-electron chi connectivity index (χ4n) is 4.64. The Morgan fingerprint density at radius 3 is 2.75 bits per heavy atom. The number of aromatic nitrogens is 2. The van der Waals surface area contributed by atoms with Gasteiger partial charge in [-0.05, 0) is 38.2 Å².